The van der Waals surface area contributed by atoms with E-state index in [1.54, 1.807) is 0 Å². The maximum atomic E-state index is 10.7. The van der Waals surface area contributed by atoms with E-state index in [0.717, 1.165) is 23.0 Å². The fourth-order valence-corrected chi connectivity index (χ4v) is 1.35. The molecule has 58 valence electrons. The van der Waals surface area contributed by atoms with E-state index >= 15 is 0 Å². The molecule has 1 heteroatoms. The van der Waals surface area contributed by atoms with E-state index in [1.807, 2.05) is 42.5 Å². The van der Waals surface area contributed by atoms with Crippen LogP contribution >= 0.6 is 0 Å². The number of rotatable bonds is 1. The zero-order valence-electron chi connectivity index (χ0n) is 6.53. The molecule has 0 saturated heterocycles. The number of carbonyl (C=O) groups is 1. The van der Waals surface area contributed by atoms with Gasteiger partial charge in [0.1, 0.15) is 0 Å². The van der Waals surface area contributed by atoms with Gasteiger partial charge in [0.25, 0.3) is 0 Å². The van der Waals surface area contributed by atoms with Crippen molar-refractivity contribution in [2.45, 2.75) is 0 Å². The van der Waals surface area contributed by atoms with Crippen molar-refractivity contribution in [1.82, 2.24) is 0 Å². The molecule has 0 heterocycles. The highest BCUT2D eigenvalue weighted by Crippen LogP contribution is 2.23. The van der Waals surface area contributed by atoms with E-state index in [0.29, 0.717) is 0 Å². The van der Waals surface area contributed by atoms with Crippen LogP contribution in [0.2, 0.25) is 0 Å². The lowest BCUT2D eigenvalue weighted by Gasteiger charge is -1.93. The van der Waals surface area contributed by atoms with Crippen LogP contribution in [0.5, 0.6) is 0 Å². The van der Waals surface area contributed by atoms with E-state index in [2.05, 4.69) is 0 Å². The predicted molar refractivity (Wildman–Crippen MR) is 48.5 cm³/mol. The number of hydrogen-bond donors (Lipinski definition) is 0. The van der Waals surface area contributed by atoms with Gasteiger partial charge in [0.15, 0.2) is 6.29 Å². The van der Waals surface area contributed by atoms with Crippen molar-refractivity contribution in [1.29, 1.82) is 0 Å². The van der Waals surface area contributed by atoms with Gasteiger partial charge in [0.2, 0.25) is 0 Å². The third-order valence-electron chi connectivity index (χ3n) is 1.95. The van der Waals surface area contributed by atoms with Crippen LogP contribution in [0.15, 0.2) is 42.5 Å². The minimum Gasteiger partial charge on any atom is -0.298 e. The second kappa shape index (κ2) is 2.78. The van der Waals surface area contributed by atoms with Gasteiger partial charge in [0, 0.05) is 5.56 Å². The molecule has 2 rings (SSSR count). The summed E-state index contributed by atoms with van der Waals surface area (Å²) in [5.41, 5.74) is 2.89. The van der Waals surface area contributed by atoms with Crippen LogP contribution in [-0.2, 0) is 0 Å². The molecular formula is C11H8O. The van der Waals surface area contributed by atoms with Gasteiger partial charge in [-0.3, -0.25) is 4.79 Å². The molecule has 0 aliphatic heterocycles. The van der Waals surface area contributed by atoms with E-state index < -0.39 is 0 Å². The van der Waals surface area contributed by atoms with Crippen molar-refractivity contribution in [3.63, 3.8) is 0 Å². The molecule has 0 atom stereocenters. The first-order valence-corrected chi connectivity index (χ1v) is 3.85. The summed E-state index contributed by atoms with van der Waals surface area (Å²) < 4.78 is 0. The first kappa shape index (κ1) is 7.04. The lowest BCUT2D eigenvalue weighted by Crippen LogP contribution is -1.78. The molecule has 12 heavy (non-hydrogen) atoms. The molecule has 0 aromatic rings. The van der Waals surface area contributed by atoms with Crippen molar-refractivity contribution in [2.75, 3.05) is 0 Å². The van der Waals surface area contributed by atoms with Crippen molar-refractivity contribution in [3.05, 3.63) is 48.0 Å². The Balaban J connectivity index is 2.76. The van der Waals surface area contributed by atoms with Gasteiger partial charge >= 0.3 is 0 Å². The highest BCUT2D eigenvalue weighted by molar-refractivity contribution is 5.88. The maximum absolute atomic E-state index is 10.7. The Morgan fingerprint density at radius 2 is 1.67 bits per heavy atom. The average Bonchev–Trinajstić information content (AvgIpc) is 2.46. The first-order valence-electron chi connectivity index (χ1n) is 3.85. The van der Waals surface area contributed by atoms with Crippen LogP contribution in [-0.4, -0.2) is 6.29 Å². The molecule has 0 bridgehead atoms. The molecule has 0 saturated carbocycles. The van der Waals surface area contributed by atoms with Gasteiger partial charge in [0.05, 0.1) is 0 Å². The Morgan fingerprint density at radius 3 is 2.50 bits per heavy atom. The molecule has 0 aromatic heterocycles. The molecule has 0 radical (unpaired) electrons. The van der Waals surface area contributed by atoms with Crippen molar-refractivity contribution in [2.24, 2.45) is 0 Å². The highest BCUT2D eigenvalue weighted by atomic mass is 16.1. The lowest BCUT2D eigenvalue weighted by atomic mass is 10.1. The van der Waals surface area contributed by atoms with E-state index in [-0.39, 0.29) is 0 Å². The Bertz CT molecular complexity index is 379. The Labute approximate surface area is 71.0 Å². The average molecular weight is 156 g/mol. The smallest absolute Gasteiger partial charge is 0.150 e. The monoisotopic (exact) mass is 156 g/mol. The van der Waals surface area contributed by atoms with Crippen LogP contribution in [0.1, 0.15) is 10.4 Å². The molecule has 2 aliphatic rings. The Hall–Kier alpha value is -1.63. The minimum atomic E-state index is 0.750. The Morgan fingerprint density at radius 1 is 0.917 bits per heavy atom. The third-order valence-corrected chi connectivity index (χ3v) is 1.95. The summed E-state index contributed by atoms with van der Waals surface area (Å²) >= 11 is 0. The van der Waals surface area contributed by atoms with Gasteiger partial charge in [-0.25, -0.2) is 0 Å². The van der Waals surface area contributed by atoms with Crippen molar-refractivity contribution >= 4 is 6.29 Å². The first-order chi connectivity index (χ1) is 5.92. The molecule has 0 fully saturated rings. The van der Waals surface area contributed by atoms with Crippen molar-refractivity contribution < 1.29 is 4.79 Å². The van der Waals surface area contributed by atoms with Crippen molar-refractivity contribution in [3.8, 4) is 11.1 Å². The molecule has 2 aliphatic carbocycles. The fraction of sp³-hybridized carbons (Fsp3) is 0. The molecule has 1 nitrogen and oxygen atoms in total. The fourth-order valence-electron chi connectivity index (χ4n) is 1.35. The Kier molecular flexibility index (Phi) is 1.63. The zero-order valence-corrected chi connectivity index (χ0v) is 6.53. The largest absolute Gasteiger partial charge is 0.298 e. The van der Waals surface area contributed by atoms with Crippen LogP contribution in [0.4, 0.5) is 0 Å². The van der Waals surface area contributed by atoms with Gasteiger partial charge in [-0.2, -0.15) is 0 Å². The van der Waals surface area contributed by atoms with Gasteiger partial charge in [-0.05, 0) is 11.1 Å². The van der Waals surface area contributed by atoms with E-state index in [9.17, 15) is 4.79 Å². The zero-order chi connectivity index (χ0) is 8.39. The second-order valence-electron chi connectivity index (χ2n) is 2.69. The van der Waals surface area contributed by atoms with Crippen LogP contribution in [0.25, 0.3) is 11.1 Å². The summed E-state index contributed by atoms with van der Waals surface area (Å²) in [6, 6.07) is 13.6. The highest BCUT2D eigenvalue weighted by Gasteiger charge is 2.03. The van der Waals surface area contributed by atoms with Crippen LogP contribution < -0.4 is 0 Å². The van der Waals surface area contributed by atoms with Crippen LogP contribution in [0.3, 0.4) is 0 Å². The number of aldehydes is 1. The number of hydrogen-bond acceptors (Lipinski definition) is 1. The van der Waals surface area contributed by atoms with E-state index in [1.165, 1.54) is 0 Å². The minimum absolute atomic E-state index is 0.750. The molecule has 0 amide bonds. The standard InChI is InChI=1S/C11H8O/c12-8-10-5-2-1-4-9-6-3-7-11(9)10/h1-8H. The summed E-state index contributed by atoms with van der Waals surface area (Å²) in [6.07, 6.45) is 0.891. The maximum Gasteiger partial charge on any atom is 0.150 e. The van der Waals surface area contributed by atoms with Gasteiger partial charge in [-0.1, -0.05) is 42.5 Å². The lowest BCUT2D eigenvalue weighted by molar-refractivity contribution is 0.112. The van der Waals surface area contributed by atoms with Gasteiger partial charge in [-0.15, -0.1) is 0 Å². The summed E-state index contributed by atoms with van der Waals surface area (Å²) in [5, 5.41) is 0. The summed E-state index contributed by atoms with van der Waals surface area (Å²) in [7, 11) is 0. The quantitative estimate of drug-likeness (QED) is 0.580. The predicted octanol–water partition coefficient (Wildman–Crippen LogP) is 2.60. The van der Waals surface area contributed by atoms with Gasteiger partial charge < -0.3 is 0 Å². The normalized spacial score (nSPS) is 10.0. The molecule has 0 spiro atoms. The summed E-state index contributed by atoms with van der Waals surface area (Å²) in [6.45, 7) is 0. The molecule has 0 aromatic carbocycles. The third kappa shape index (κ3) is 0.996. The molecular weight excluding hydrogens is 148 g/mol. The number of carbonyl (C=O) groups excluding carboxylic acids is 1. The SMILES string of the molecule is O=Cc1ccccc2cccc1-2. The second-order valence-corrected chi connectivity index (χ2v) is 2.69. The number of fused-ring (bicyclic) bond motifs is 1. The molecule has 0 unspecified atom stereocenters. The topological polar surface area (TPSA) is 17.1 Å². The molecule has 0 N–H and O–H groups in total. The van der Waals surface area contributed by atoms with Crippen LogP contribution in [0, 0.1) is 0 Å². The summed E-state index contributed by atoms with van der Waals surface area (Å²) in [5.74, 6) is 0. The summed E-state index contributed by atoms with van der Waals surface area (Å²) in [4.78, 5) is 10.7. The van der Waals surface area contributed by atoms with E-state index in [4.69, 9.17) is 0 Å².